The molecule has 0 saturated heterocycles. The van der Waals surface area contributed by atoms with E-state index in [1.165, 1.54) is 12.2 Å². The highest BCUT2D eigenvalue weighted by Crippen LogP contribution is 2.05. The second kappa shape index (κ2) is 2.09. The summed E-state index contributed by atoms with van der Waals surface area (Å²) in [4.78, 5) is 10.4. The van der Waals surface area contributed by atoms with Crippen LogP contribution in [-0.2, 0) is 4.79 Å². The minimum atomic E-state index is -0.382. The average molecular weight is 112 g/mol. The van der Waals surface area contributed by atoms with Crippen molar-refractivity contribution in [2.45, 2.75) is 18.9 Å². The Morgan fingerprint density at radius 2 is 2.50 bits per heavy atom. The lowest BCUT2D eigenvalue weighted by molar-refractivity contribution is -0.115. The first-order chi connectivity index (χ1) is 3.79. The molecule has 1 aliphatic carbocycles. The number of ketones is 1. The lowest BCUT2D eigenvalue weighted by Gasteiger charge is -2.06. The summed E-state index contributed by atoms with van der Waals surface area (Å²) in [5.41, 5.74) is 0. The van der Waals surface area contributed by atoms with E-state index in [2.05, 4.69) is 0 Å². The molecule has 0 aromatic rings. The molecule has 1 atom stereocenters. The zero-order chi connectivity index (χ0) is 5.98. The zero-order valence-electron chi connectivity index (χ0n) is 4.50. The first kappa shape index (κ1) is 5.51. The van der Waals surface area contributed by atoms with Gasteiger partial charge in [-0.2, -0.15) is 0 Å². The van der Waals surface area contributed by atoms with Crippen molar-refractivity contribution in [3.63, 3.8) is 0 Å². The summed E-state index contributed by atoms with van der Waals surface area (Å²) in [6.07, 6.45) is 3.68. The van der Waals surface area contributed by atoms with Gasteiger partial charge >= 0.3 is 0 Å². The summed E-state index contributed by atoms with van der Waals surface area (Å²) in [7, 11) is 0. The fourth-order valence-corrected chi connectivity index (χ4v) is 0.688. The number of aliphatic hydroxyl groups excluding tert-OH is 1. The highest BCUT2D eigenvalue weighted by atomic mass is 16.3. The highest BCUT2D eigenvalue weighted by Gasteiger charge is 2.08. The Hall–Kier alpha value is -0.630. The third kappa shape index (κ3) is 1.17. The van der Waals surface area contributed by atoms with E-state index in [9.17, 15) is 4.79 Å². The van der Waals surface area contributed by atoms with E-state index in [0.29, 0.717) is 12.8 Å². The molecule has 1 aliphatic rings. The zero-order valence-corrected chi connectivity index (χ0v) is 4.50. The highest BCUT2D eigenvalue weighted by molar-refractivity contribution is 5.90. The van der Waals surface area contributed by atoms with Crippen LogP contribution in [0.2, 0.25) is 0 Å². The summed E-state index contributed by atoms with van der Waals surface area (Å²) >= 11 is 0. The predicted octanol–water partition coefficient (Wildman–Crippen LogP) is 0.266. The van der Waals surface area contributed by atoms with Crippen molar-refractivity contribution in [2.75, 3.05) is 0 Å². The van der Waals surface area contributed by atoms with Gasteiger partial charge in [-0.05, 0) is 12.5 Å². The van der Waals surface area contributed by atoms with Crippen molar-refractivity contribution < 1.29 is 9.90 Å². The van der Waals surface area contributed by atoms with Gasteiger partial charge in [-0.3, -0.25) is 4.79 Å². The first-order valence-corrected chi connectivity index (χ1v) is 2.68. The maximum Gasteiger partial charge on any atom is 0.155 e. The van der Waals surface area contributed by atoms with Crippen molar-refractivity contribution in [2.24, 2.45) is 0 Å². The Morgan fingerprint density at radius 3 is 2.88 bits per heavy atom. The number of rotatable bonds is 0. The normalized spacial score (nSPS) is 28.6. The molecule has 2 nitrogen and oxygen atoms in total. The molecule has 0 amide bonds. The minimum Gasteiger partial charge on any atom is -0.389 e. The standard InChI is InChI=1S/C6H8O2/c7-5-1-2-6(8)4-3-5/h1-2,5,7H,3-4H2/t5-/m1/s1. The van der Waals surface area contributed by atoms with Crippen molar-refractivity contribution in [3.8, 4) is 0 Å². The molecule has 1 N–H and O–H groups in total. The quantitative estimate of drug-likeness (QED) is 0.488. The number of carbonyl (C=O) groups excluding carboxylic acids is 1. The second-order valence-corrected chi connectivity index (χ2v) is 1.93. The third-order valence-electron chi connectivity index (χ3n) is 1.19. The van der Waals surface area contributed by atoms with Gasteiger partial charge in [0.2, 0.25) is 0 Å². The predicted molar refractivity (Wildman–Crippen MR) is 29.4 cm³/mol. The van der Waals surface area contributed by atoms with Gasteiger partial charge in [0.1, 0.15) is 0 Å². The SMILES string of the molecule is O=C1C=C[C@@H](O)CC1. The number of allylic oxidation sites excluding steroid dienone is 1. The molecule has 0 spiro atoms. The van der Waals surface area contributed by atoms with Gasteiger partial charge in [0.05, 0.1) is 6.10 Å². The largest absolute Gasteiger partial charge is 0.389 e. The van der Waals surface area contributed by atoms with Crippen molar-refractivity contribution in [1.82, 2.24) is 0 Å². The monoisotopic (exact) mass is 112 g/mol. The van der Waals surface area contributed by atoms with Crippen LogP contribution in [0.5, 0.6) is 0 Å². The molecule has 0 unspecified atom stereocenters. The molecule has 0 aromatic carbocycles. The van der Waals surface area contributed by atoms with Gasteiger partial charge in [-0.1, -0.05) is 6.08 Å². The molecule has 0 heterocycles. The molecule has 0 fully saturated rings. The molecule has 8 heavy (non-hydrogen) atoms. The van der Waals surface area contributed by atoms with E-state index in [-0.39, 0.29) is 11.9 Å². The molecule has 44 valence electrons. The van der Waals surface area contributed by atoms with Crippen LogP contribution in [0, 0.1) is 0 Å². The lowest BCUT2D eigenvalue weighted by Crippen LogP contribution is -2.10. The van der Waals surface area contributed by atoms with Gasteiger partial charge < -0.3 is 5.11 Å². The molecule has 2 heteroatoms. The third-order valence-corrected chi connectivity index (χ3v) is 1.19. The Morgan fingerprint density at radius 1 is 1.75 bits per heavy atom. The average Bonchev–Trinajstić information content (AvgIpc) is 1.77. The second-order valence-electron chi connectivity index (χ2n) is 1.93. The number of hydrogen-bond acceptors (Lipinski definition) is 2. The van der Waals surface area contributed by atoms with E-state index in [1.807, 2.05) is 0 Å². The van der Waals surface area contributed by atoms with Crippen molar-refractivity contribution >= 4 is 5.78 Å². The van der Waals surface area contributed by atoms with Crippen LogP contribution < -0.4 is 0 Å². The molecule has 0 saturated carbocycles. The van der Waals surface area contributed by atoms with E-state index in [1.54, 1.807) is 0 Å². The number of hydrogen-bond donors (Lipinski definition) is 1. The molecule has 0 radical (unpaired) electrons. The van der Waals surface area contributed by atoms with Crippen LogP contribution >= 0.6 is 0 Å². The molecule has 0 bridgehead atoms. The first-order valence-electron chi connectivity index (χ1n) is 2.68. The molecular weight excluding hydrogens is 104 g/mol. The summed E-state index contributed by atoms with van der Waals surface area (Å²) in [6.45, 7) is 0. The Kier molecular flexibility index (Phi) is 1.44. The Labute approximate surface area is 47.8 Å². The van der Waals surface area contributed by atoms with Crippen LogP contribution in [0.1, 0.15) is 12.8 Å². The van der Waals surface area contributed by atoms with Crippen LogP contribution in [0.4, 0.5) is 0 Å². The Balaban J connectivity index is 2.55. The van der Waals surface area contributed by atoms with Crippen LogP contribution in [0.25, 0.3) is 0 Å². The summed E-state index contributed by atoms with van der Waals surface area (Å²) < 4.78 is 0. The molecule has 1 rings (SSSR count). The van der Waals surface area contributed by atoms with E-state index in [0.717, 1.165) is 0 Å². The number of aliphatic hydroxyl groups is 1. The maximum atomic E-state index is 10.4. The van der Waals surface area contributed by atoms with Crippen LogP contribution in [-0.4, -0.2) is 17.0 Å². The van der Waals surface area contributed by atoms with Crippen LogP contribution in [0.3, 0.4) is 0 Å². The Bertz CT molecular complexity index is 126. The van der Waals surface area contributed by atoms with Gasteiger partial charge in [0.25, 0.3) is 0 Å². The molecule has 0 aliphatic heterocycles. The van der Waals surface area contributed by atoms with E-state index in [4.69, 9.17) is 5.11 Å². The molecule has 0 aromatic heterocycles. The van der Waals surface area contributed by atoms with Gasteiger partial charge in [-0.15, -0.1) is 0 Å². The van der Waals surface area contributed by atoms with E-state index >= 15 is 0 Å². The van der Waals surface area contributed by atoms with Gasteiger partial charge in [-0.25, -0.2) is 0 Å². The summed E-state index contributed by atoms with van der Waals surface area (Å²) in [5.74, 6) is 0.121. The maximum absolute atomic E-state index is 10.4. The fourth-order valence-electron chi connectivity index (χ4n) is 0.688. The smallest absolute Gasteiger partial charge is 0.155 e. The van der Waals surface area contributed by atoms with E-state index < -0.39 is 0 Å². The minimum absolute atomic E-state index is 0.121. The van der Waals surface area contributed by atoms with Crippen LogP contribution in [0.15, 0.2) is 12.2 Å². The summed E-state index contributed by atoms with van der Waals surface area (Å²) in [5, 5.41) is 8.79. The van der Waals surface area contributed by atoms with Gasteiger partial charge in [0.15, 0.2) is 5.78 Å². The topological polar surface area (TPSA) is 37.3 Å². The van der Waals surface area contributed by atoms with Crippen molar-refractivity contribution in [1.29, 1.82) is 0 Å². The number of carbonyl (C=O) groups is 1. The van der Waals surface area contributed by atoms with Crippen molar-refractivity contribution in [3.05, 3.63) is 12.2 Å². The van der Waals surface area contributed by atoms with Gasteiger partial charge in [0, 0.05) is 6.42 Å². The fraction of sp³-hybridized carbons (Fsp3) is 0.500. The molecular formula is C6H8O2. The summed E-state index contributed by atoms with van der Waals surface area (Å²) in [6, 6.07) is 0. The lowest BCUT2D eigenvalue weighted by atomic mass is 10.0.